The summed E-state index contributed by atoms with van der Waals surface area (Å²) in [5.74, 6) is 5.68. The molecule has 1 aromatic rings. The second-order valence-corrected chi connectivity index (χ2v) is 40.9. The third-order valence-electron chi connectivity index (χ3n) is 22.2. The number of nitrogens with zero attached hydrogens (tertiary/aromatic N) is 7. The number of sulfonamides is 1. The minimum absolute atomic E-state index is 0.0266. The number of rotatable bonds is 24. The molecule has 4 atom stereocenters. The fourth-order valence-electron chi connectivity index (χ4n) is 14.0. The summed E-state index contributed by atoms with van der Waals surface area (Å²) < 4.78 is 39.1. The highest BCUT2D eigenvalue weighted by Crippen LogP contribution is 2.29. The molecule has 1 aromatic carbocycles. The Morgan fingerprint density at radius 1 is 0.564 bits per heavy atom. The van der Waals surface area contributed by atoms with Crippen molar-refractivity contribution in [3.8, 4) is 0 Å². The largest absolute Gasteiger partial charge is 0.396 e. The molecule has 2 N–H and O–H groups in total. The number of ether oxygens (including phenoxy) is 3. The monoisotopic (exact) mass is 1680 g/mol. The van der Waals surface area contributed by atoms with E-state index in [1.807, 2.05) is 130 Å². The van der Waals surface area contributed by atoms with Gasteiger partial charge in [0.25, 0.3) is 0 Å². The van der Waals surface area contributed by atoms with E-state index in [0.29, 0.717) is 96.1 Å². The van der Waals surface area contributed by atoms with Crippen LogP contribution in [0.5, 0.6) is 0 Å². The highest BCUT2D eigenvalue weighted by atomic mass is 32.2. The van der Waals surface area contributed by atoms with E-state index in [2.05, 4.69) is 138 Å². The van der Waals surface area contributed by atoms with E-state index < -0.39 is 10.0 Å². The molecule has 2 aliphatic heterocycles. The predicted octanol–water partition coefficient (Wildman–Crippen LogP) is 19.2. The first-order valence-electron chi connectivity index (χ1n) is 46.1. The van der Waals surface area contributed by atoms with Gasteiger partial charge in [-0.1, -0.05) is 225 Å². The van der Waals surface area contributed by atoms with E-state index >= 15 is 0 Å². The summed E-state index contributed by atoms with van der Waals surface area (Å²) in [6.45, 7) is 67.0. The Bertz CT molecular complexity index is 2770. The summed E-state index contributed by atoms with van der Waals surface area (Å²) in [5, 5.41) is 11.2. The highest BCUT2D eigenvalue weighted by molar-refractivity contribution is 7.88. The van der Waals surface area contributed by atoms with Gasteiger partial charge in [0.1, 0.15) is 5.78 Å². The quantitative estimate of drug-likeness (QED) is 0.0984. The minimum atomic E-state index is -2.97. The molecule has 4 saturated carbocycles. The third kappa shape index (κ3) is 58.6. The van der Waals surface area contributed by atoms with Crippen molar-refractivity contribution in [3.63, 3.8) is 0 Å². The van der Waals surface area contributed by atoms with Crippen LogP contribution in [0.15, 0.2) is 30.3 Å². The van der Waals surface area contributed by atoms with Crippen LogP contribution in [0.25, 0.3) is 0 Å². The SMILES string of the molecule is CC(=O)N(CC(C)C)[C@@H](C)C(C)(C)C.CC(C)C(=O)N(C)C1CCCCC1.CC(C)C(=O)NC1CCCCC1.CC(C)CC(=O)C1CCCCC1.CC(C)CN1C[C@@H](C)O[C@@H](C)C1.CC(C)CO.CC(C)COCc1ccccc1.CC(C)N(C)C(=O)C1CCCCC1.CC(C)N(C)C(=O)[C@H](C)N1CCOCC1.CC(C)N(C)S(C)(=O)=O. The van der Waals surface area contributed by atoms with Crippen molar-refractivity contribution < 1.29 is 56.5 Å². The van der Waals surface area contributed by atoms with E-state index in [1.165, 1.54) is 125 Å². The Morgan fingerprint density at radius 2 is 1.01 bits per heavy atom. The maximum atomic E-state index is 12.0. The van der Waals surface area contributed by atoms with Crippen LogP contribution in [0, 0.1) is 58.7 Å². The third-order valence-corrected chi connectivity index (χ3v) is 23.7. The second kappa shape index (κ2) is 65.6. The zero-order valence-corrected chi connectivity index (χ0v) is 82.7. The molecular formula is C96H188N8O12S. The number of likely N-dealkylation sites (N-methyl/N-ethyl adjacent to an activating group) is 1. The van der Waals surface area contributed by atoms with Gasteiger partial charge in [0.15, 0.2) is 0 Å². The fourth-order valence-corrected chi connectivity index (χ4v) is 14.7. The molecule has 0 aromatic heterocycles. The lowest BCUT2D eigenvalue weighted by Gasteiger charge is -2.38. The predicted molar refractivity (Wildman–Crippen MR) is 493 cm³/mol. The average Bonchev–Trinajstić information content (AvgIpc) is 0.842. The van der Waals surface area contributed by atoms with Gasteiger partial charge in [0.05, 0.1) is 44.3 Å². The number of amides is 5. The van der Waals surface area contributed by atoms with Crippen LogP contribution < -0.4 is 5.32 Å². The molecular weight excluding hydrogens is 1490 g/mol. The first-order valence-corrected chi connectivity index (χ1v) is 47.9. The van der Waals surface area contributed by atoms with Crippen LogP contribution in [-0.2, 0) is 59.6 Å². The van der Waals surface area contributed by atoms with Crippen LogP contribution in [0.3, 0.4) is 0 Å². The zero-order chi connectivity index (χ0) is 90.5. The zero-order valence-electron chi connectivity index (χ0n) is 81.9. The Hall–Kier alpha value is -4.09. The first-order chi connectivity index (χ1) is 54.3. The molecule has 2 heterocycles. The van der Waals surface area contributed by atoms with E-state index in [9.17, 15) is 37.2 Å². The lowest BCUT2D eigenvalue weighted by atomic mass is 9.84. The van der Waals surface area contributed by atoms with Gasteiger partial charge in [-0.15, -0.1) is 0 Å². The maximum Gasteiger partial charge on any atom is 0.239 e. The minimum Gasteiger partial charge on any atom is -0.396 e. The van der Waals surface area contributed by atoms with Crippen LogP contribution in [0.2, 0.25) is 0 Å². The number of benzene rings is 1. The number of morpholine rings is 2. The molecule has 690 valence electrons. The van der Waals surface area contributed by atoms with Crippen LogP contribution in [0.4, 0.5) is 0 Å². The molecule has 117 heavy (non-hydrogen) atoms. The topological polar surface area (TPSA) is 219 Å². The first kappa shape index (κ1) is 117. The smallest absolute Gasteiger partial charge is 0.239 e. The molecule has 6 aliphatic rings. The molecule has 4 aliphatic carbocycles. The Morgan fingerprint density at radius 3 is 1.37 bits per heavy atom. The van der Waals surface area contributed by atoms with Crippen molar-refractivity contribution in [2.45, 2.75) is 390 Å². The van der Waals surface area contributed by atoms with Gasteiger partial charge in [0, 0.05) is 154 Å². The summed E-state index contributed by atoms with van der Waals surface area (Å²) >= 11 is 0. The standard InChI is InChI=1S/C12H25NO.C11H22N2O2.2C11H21NO.C11H16O.C11H20O.C10H21NO.C10H19NO.C5H13NO2S.C4H10O/c1-9(2)8-13(11(4)14)10(3)12(5,6)7;1-9(2)12(4)11(14)10(3)13-5-7-15-8-6-13;1-9(2)12(3)11(13)10-7-5-4-6-8-10;1-9(2)11(13)12(3)10-7-5-4-6-8-10;1-10(2)8-12-9-11-6-4-3-5-7-11;1-9(2)8-11(12)10-6-4-3-5-7-10;1-8(2)5-11-6-9(3)12-10(4)7-11;1-8(2)10(12)11-9-6-4-3-5-7-9;1-5(2)6(3)9(4,7)8;1-4(2)3-5/h9-10H,8H2,1-7H3;9-10H,5-8H2,1-4H3;2*9-10H,4-8H2,1-3H3;3-7,10H,8-9H2,1-2H3;9-10H,3-8H2,1-2H3;8-10H,5-7H2,1-4H3;8-9H,3-7H2,1-2H3,(H,11,12);5H,1-4H3;4-5H,3H2,1-2H3/t2*10-;;;;;9-,10+;;;/m00......../s1. The summed E-state index contributed by atoms with van der Waals surface area (Å²) in [4.78, 5) is 82.3. The van der Waals surface area contributed by atoms with E-state index in [-0.39, 0.29) is 53.1 Å². The number of nitrogens with one attached hydrogen (secondary N) is 1. The van der Waals surface area contributed by atoms with Gasteiger partial charge >= 0.3 is 0 Å². The van der Waals surface area contributed by atoms with Crippen molar-refractivity contribution in [1.29, 1.82) is 0 Å². The number of hydrogen-bond donors (Lipinski definition) is 2. The van der Waals surface area contributed by atoms with Crippen molar-refractivity contribution in [2.75, 3.05) is 100 Å². The molecule has 0 unspecified atom stereocenters. The number of Topliss-reactive ketones (excluding diaryl/α,β-unsaturated/α-hetero) is 1. The average molecular weight is 1680 g/mol. The molecule has 7 rings (SSSR count). The van der Waals surface area contributed by atoms with Gasteiger partial charge in [-0.3, -0.25) is 38.6 Å². The van der Waals surface area contributed by atoms with Crippen LogP contribution in [0.1, 0.15) is 334 Å². The molecule has 5 amide bonds. The number of ketones is 1. The Labute approximate surface area is 721 Å². The lowest BCUT2D eigenvalue weighted by Crippen LogP contribution is -2.51. The van der Waals surface area contributed by atoms with Crippen LogP contribution >= 0.6 is 0 Å². The highest BCUT2D eigenvalue weighted by Gasteiger charge is 2.31. The normalized spacial score (nSPS) is 18.5. The summed E-state index contributed by atoms with van der Waals surface area (Å²) in [6, 6.07) is 12.2. The Kier molecular flexibility index (Phi) is 65.6. The molecule has 20 nitrogen and oxygen atoms in total. The summed E-state index contributed by atoms with van der Waals surface area (Å²) in [5.41, 5.74) is 1.40. The van der Waals surface area contributed by atoms with Crippen molar-refractivity contribution in [2.24, 2.45) is 58.7 Å². The number of hydrogen-bond acceptors (Lipinski definition) is 14. The van der Waals surface area contributed by atoms with Gasteiger partial charge in [0.2, 0.25) is 39.6 Å². The van der Waals surface area contributed by atoms with E-state index in [1.54, 1.807) is 18.9 Å². The number of aliphatic hydroxyl groups excluding tert-OH is 1. The van der Waals surface area contributed by atoms with Crippen molar-refractivity contribution in [1.82, 2.24) is 39.0 Å². The molecule has 0 radical (unpaired) electrons. The van der Waals surface area contributed by atoms with Gasteiger partial charge in [-0.25, -0.2) is 12.7 Å². The fraction of sp³-hybridized carbons (Fsp3) is 0.875. The number of carbonyl (C=O) groups excluding carboxylic acids is 6. The van der Waals surface area contributed by atoms with E-state index in [4.69, 9.17) is 19.3 Å². The maximum absolute atomic E-state index is 12.0. The molecule has 6 fully saturated rings. The molecule has 0 bridgehead atoms. The van der Waals surface area contributed by atoms with Gasteiger partial charge in [-0.2, -0.15) is 0 Å². The van der Waals surface area contributed by atoms with E-state index in [0.717, 1.165) is 97.2 Å². The molecule has 2 saturated heterocycles. The Balaban J connectivity index is -0.00000124. The molecule has 21 heteroatoms. The van der Waals surface area contributed by atoms with Crippen LogP contribution in [-0.4, -0.2) is 237 Å². The van der Waals surface area contributed by atoms with Crippen molar-refractivity contribution >= 4 is 45.3 Å². The lowest BCUT2D eigenvalue weighted by molar-refractivity contribution is -0.138. The summed E-state index contributed by atoms with van der Waals surface area (Å²) in [6.07, 6.45) is 27.6. The van der Waals surface area contributed by atoms with Crippen molar-refractivity contribution in [3.05, 3.63) is 35.9 Å². The second-order valence-electron chi connectivity index (χ2n) is 38.9. The number of carbonyl (C=O) groups is 6. The molecule has 0 spiro atoms. The number of aliphatic hydroxyl groups is 1. The van der Waals surface area contributed by atoms with Gasteiger partial charge < -0.3 is 44.2 Å². The summed E-state index contributed by atoms with van der Waals surface area (Å²) in [7, 11) is 4.34. The van der Waals surface area contributed by atoms with Gasteiger partial charge in [-0.05, 0) is 161 Å².